The van der Waals surface area contributed by atoms with Gasteiger partial charge >= 0.3 is 12.3 Å². The number of carbonyl (C=O) groups is 1. The molecule has 0 spiro atoms. The Kier molecular flexibility index (Phi) is 5.58. The summed E-state index contributed by atoms with van der Waals surface area (Å²) in [5, 5.41) is 4.06. The van der Waals surface area contributed by atoms with Gasteiger partial charge < -0.3 is 14.3 Å². The molecule has 162 valence electrons. The van der Waals surface area contributed by atoms with Crippen LogP contribution in [0, 0.1) is 0 Å². The Morgan fingerprint density at radius 1 is 1.13 bits per heavy atom. The molecule has 0 N–H and O–H groups in total. The molecule has 0 bridgehead atoms. The van der Waals surface area contributed by atoms with Crippen LogP contribution in [0.2, 0.25) is 0 Å². The molecule has 2 aromatic carbocycles. The summed E-state index contributed by atoms with van der Waals surface area (Å²) in [4.78, 5) is 19.2. The SMILES string of the molecule is COC(=O)N1C=C[C@H]2OC(Cc3ccccc3)=NO[C@H]2[C@@H]1c1ccc(C(F)(F)F)cc1. The fourth-order valence-corrected chi connectivity index (χ4v) is 3.58. The Balaban J connectivity index is 1.62. The fraction of sp³-hybridized carbons (Fsp3) is 0.273. The van der Waals surface area contributed by atoms with Gasteiger partial charge in [0.1, 0.15) is 6.04 Å². The van der Waals surface area contributed by atoms with Gasteiger partial charge in [0, 0.05) is 6.20 Å². The Morgan fingerprint density at radius 3 is 2.48 bits per heavy atom. The van der Waals surface area contributed by atoms with Gasteiger partial charge in [-0.25, -0.2) is 4.79 Å². The largest absolute Gasteiger partial charge is 0.467 e. The minimum Gasteiger partial charge on any atom is -0.467 e. The molecule has 1 amide bonds. The minimum absolute atomic E-state index is 0.370. The quantitative estimate of drug-likeness (QED) is 0.707. The Morgan fingerprint density at radius 2 is 1.84 bits per heavy atom. The van der Waals surface area contributed by atoms with E-state index < -0.39 is 36.1 Å². The molecule has 0 saturated heterocycles. The molecule has 9 heteroatoms. The molecule has 2 aliphatic heterocycles. The highest BCUT2D eigenvalue weighted by molar-refractivity contribution is 5.79. The molecule has 0 unspecified atom stereocenters. The number of hydrogen-bond donors (Lipinski definition) is 0. The summed E-state index contributed by atoms with van der Waals surface area (Å²) in [6.07, 6.45) is -2.93. The monoisotopic (exact) mass is 432 g/mol. The Bertz CT molecular complexity index is 990. The molecule has 0 aromatic heterocycles. The summed E-state index contributed by atoms with van der Waals surface area (Å²) in [5.74, 6) is 0.370. The van der Waals surface area contributed by atoms with E-state index in [2.05, 4.69) is 5.16 Å². The van der Waals surface area contributed by atoms with Crippen molar-refractivity contribution in [2.24, 2.45) is 5.16 Å². The van der Waals surface area contributed by atoms with Gasteiger partial charge in [0.15, 0.2) is 12.2 Å². The van der Waals surface area contributed by atoms with E-state index >= 15 is 0 Å². The van der Waals surface area contributed by atoms with Crippen molar-refractivity contribution in [2.75, 3.05) is 7.11 Å². The normalized spacial score (nSPS) is 22.6. The van der Waals surface area contributed by atoms with Gasteiger partial charge in [-0.1, -0.05) is 47.6 Å². The number of alkyl halides is 3. The van der Waals surface area contributed by atoms with Gasteiger partial charge in [0.2, 0.25) is 5.90 Å². The smallest absolute Gasteiger partial charge is 0.416 e. The van der Waals surface area contributed by atoms with Crippen LogP contribution >= 0.6 is 0 Å². The van der Waals surface area contributed by atoms with E-state index in [9.17, 15) is 18.0 Å². The van der Waals surface area contributed by atoms with Crippen LogP contribution in [0.15, 0.2) is 72.0 Å². The van der Waals surface area contributed by atoms with Gasteiger partial charge in [-0.05, 0) is 29.3 Å². The van der Waals surface area contributed by atoms with Gasteiger partial charge in [0.25, 0.3) is 0 Å². The first-order valence-electron chi connectivity index (χ1n) is 9.52. The zero-order valence-corrected chi connectivity index (χ0v) is 16.5. The van der Waals surface area contributed by atoms with Crippen molar-refractivity contribution < 1.29 is 32.3 Å². The number of carbonyl (C=O) groups excluding carboxylic acids is 1. The highest BCUT2D eigenvalue weighted by atomic mass is 19.4. The number of fused-ring (bicyclic) bond motifs is 1. The summed E-state index contributed by atoms with van der Waals surface area (Å²) < 4.78 is 49.6. The van der Waals surface area contributed by atoms with Crippen LogP contribution in [-0.4, -0.2) is 36.2 Å². The highest BCUT2D eigenvalue weighted by Gasteiger charge is 2.44. The van der Waals surface area contributed by atoms with Crippen LogP contribution in [0.1, 0.15) is 22.7 Å². The summed E-state index contributed by atoms with van der Waals surface area (Å²) >= 11 is 0. The first-order chi connectivity index (χ1) is 14.9. The lowest BCUT2D eigenvalue weighted by Gasteiger charge is -2.41. The van der Waals surface area contributed by atoms with Crippen LogP contribution in [0.4, 0.5) is 18.0 Å². The van der Waals surface area contributed by atoms with Gasteiger partial charge in [-0.15, -0.1) is 0 Å². The van der Waals surface area contributed by atoms with Crippen LogP contribution in [0.3, 0.4) is 0 Å². The average Bonchev–Trinajstić information content (AvgIpc) is 2.78. The number of nitrogens with zero attached hydrogens (tertiary/aromatic N) is 2. The van der Waals surface area contributed by atoms with E-state index in [0.29, 0.717) is 17.9 Å². The maximum Gasteiger partial charge on any atom is 0.416 e. The number of methoxy groups -OCH3 is 1. The topological polar surface area (TPSA) is 60.4 Å². The van der Waals surface area contributed by atoms with E-state index in [0.717, 1.165) is 17.7 Å². The van der Waals surface area contributed by atoms with E-state index in [4.69, 9.17) is 14.3 Å². The second-order valence-corrected chi connectivity index (χ2v) is 7.08. The van der Waals surface area contributed by atoms with E-state index in [1.807, 2.05) is 30.3 Å². The van der Waals surface area contributed by atoms with Crippen molar-refractivity contribution in [1.82, 2.24) is 4.90 Å². The molecule has 6 nitrogen and oxygen atoms in total. The predicted molar refractivity (Wildman–Crippen MR) is 105 cm³/mol. The van der Waals surface area contributed by atoms with Crippen molar-refractivity contribution >= 4 is 12.0 Å². The molecular formula is C22H19F3N2O4. The fourth-order valence-electron chi connectivity index (χ4n) is 3.58. The van der Waals surface area contributed by atoms with Crippen LogP contribution < -0.4 is 0 Å². The van der Waals surface area contributed by atoms with E-state index in [1.165, 1.54) is 30.3 Å². The number of hydrogen-bond acceptors (Lipinski definition) is 5. The molecule has 0 fully saturated rings. The second kappa shape index (κ2) is 8.33. The number of halogens is 3. The summed E-state index contributed by atoms with van der Waals surface area (Å²) in [7, 11) is 1.22. The Hall–Kier alpha value is -3.49. The molecule has 4 rings (SSSR count). The zero-order chi connectivity index (χ0) is 22.0. The third-order valence-corrected chi connectivity index (χ3v) is 5.08. The average molecular weight is 432 g/mol. The van der Waals surface area contributed by atoms with Crippen molar-refractivity contribution in [3.63, 3.8) is 0 Å². The molecule has 0 aliphatic carbocycles. The van der Waals surface area contributed by atoms with Crippen LogP contribution in [-0.2, 0) is 26.9 Å². The summed E-state index contributed by atoms with van der Waals surface area (Å²) in [6.45, 7) is 0. The molecule has 2 heterocycles. The van der Waals surface area contributed by atoms with Crippen molar-refractivity contribution in [1.29, 1.82) is 0 Å². The minimum atomic E-state index is -4.46. The molecule has 3 atom stereocenters. The first-order valence-corrected chi connectivity index (χ1v) is 9.52. The number of rotatable bonds is 3. The molecule has 31 heavy (non-hydrogen) atoms. The summed E-state index contributed by atoms with van der Waals surface area (Å²) in [6, 6.07) is 13.3. The maximum atomic E-state index is 13.0. The third-order valence-electron chi connectivity index (χ3n) is 5.08. The van der Waals surface area contributed by atoms with Crippen LogP contribution in [0.25, 0.3) is 0 Å². The molecule has 2 aromatic rings. The summed E-state index contributed by atoms with van der Waals surface area (Å²) in [5.41, 5.74) is 0.634. The standard InChI is InChI=1S/C22H19F3N2O4/c1-29-21(28)27-12-11-17-20(19(27)15-7-9-16(10-8-15)22(23,24)25)31-26-18(30-17)13-14-5-3-2-4-6-14/h2-12,17,19-20H,13H2,1H3/t17-,19+,20-/m1/s1. The van der Waals surface area contributed by atoms with Crippen LogP contribution in [0.5, 0.6) is 0 Å². The maximum absolute atomic E-state index is 13.0. The van der Waals surface area contributed by atoms with Gasteiger partial charge in [0.05, 0.1) is 19.1 Å². The zero-order valence-electron chi connectivity index (χ0n) is 16.5. The van der Waals surface area contributed by atoms with Crippen molar-refractivity contribution in [2.45, 2.75) is 30.8 Å². The van der Waals surface area contributed by atoms with Crippen molar-refractivity contribution in [3.05, 3.63) is 83.6 Å². The number of oxime groups is 1. The second-order valence-electron chi connectivity index (χ2n) is 7.08. The molecule has 0 saturated carbocycles. The Labute approximate surface area is 176 Å². The number of amides is 1. The lowest BCUT2D eigenvalue weighted by Crippen LogP contribution is -2.49. The van der Waals surface area contributed by atoms with Gasteiger partial charge in [-0.2, -0.15) is 13.2 Å². The number of benzene rings is 2. The molecule has 0 radical (unpaired) electrons. The third kappa shape index (κ3) is 4.35. The van der Waals surface area contributed by atoms with Gasteiger partial charge in [-0.3, -0.25) is 4.90 Å². The first kappa shape index (κ1) is 20.8. The van der Waals surface area contributed by atoms with E-state index in [-0.39, 0.29) is 0 Å². The lowest BCUT2D eigenvalue weighted by molar-refractivity contribution is -0.137. The van der Waals surface area contributed by atoms with Crippen molar-refractivity contribution in [3.8, 4) is 0 Å². The molecule has 2 aliphatic rings. The number of ether oxygens (including phenoxy) is 2. The predicted octanol–water partition coefficient (Wildman–Crippen LogP) is 4.68. The highest BCUT2D eigenvalue weighted by Crippen LogP contribution is 2.37. The van der Waals surface area contributed by atoms with E-state index in [1.54, 1.807) is 6.08 Å². The lowest BCUT2D eigenvalue weighted by atomic mass is 9.92. The molecular weight excluding hydrogens is 413 g/mol.